The number of benzene rings is 1. The van der Waals surface area contributed by atoms with Gasteiger partial charge in [-0.25, -0.2) is 0 Å². The van der Waals surface area contributed by atoms with Crippen LogP contribution in [0.2, 0.25) is 0 Å². The maximum Gasteiger partial charge on any atom is 0.416 e. The summed E-state index contributed by atoms with van der Waals surface area (Å²) >= 11 is 0. The van der Waals surface area contributed by atoms with Crippen LogP contribution in [-0.2, 0) is 11.0 Å². The minimum absolute atomic E-state index is 0.0973. The zero-order chi connectivity index (χ0) is 17.0. The van der Waals surface area contributed by atoms with Gasteiger partial charge in [0.15, 0.2) is 0 Å². The number of carbonyl (C=O) groups excluding carboxylic acids is 1. The van der Waals surface area contributed by atoms with Gasteiger partial charge < -0.3 is 15.1 Å². The Morgan fingerprint density at radius 2 is 1.83 bits per heavy atom. The largest absolute Gasteiger partial charge is 0.416 e. The van der Waals surface area contributed by atoms with Crippen LogP contribution in [-0.4, -0.2) is 65.3 Å². The summed E-state index contributed by atoms with van der Waals surface area (Å²) < 4.78 is 37.5. The van der Waals surface area contributed by atoms with Gasteiger partial charge in [0, 0.05) is 26.2 Å². The van der Waals surface area contributed by atoms with Crippen molar-refractivity contribution in [2.45, 2.75) is 12.3 Å². The number of carbonyl (C=O) groups is 1. The normalized spacial score (nSPS) is 18.3. The van der Waals surface area contributed by atoms with E-state index in [9.17, 15) is 23.1 Å². The van der Waals surface area contributed by atoms with Gasteiger partial charge in [-0.15, -0.1) is 0 Å². The molecule has 1 atom stereocenters. The van der Waals surface area contributed by atoms with E-state index in [4.69, 9.17) is 5.11 Å². The Morgan fingerprint density at radius 3 is 2.35 bits per heavy atom. The molecule has 8 heteroatoms. The van der Waals surface area contributed by atoms with Crippen molar-refractivity contribution in [3.05, 3.63) is 35.4 Å². The zero-order valence-corrected chi connectivity index (χ0v) is 12.5. The Hall–Kier alpha value is -1.64. The lowest BCUT2D eigenvalue weighted by molar-refractivity contribution is -0.138. The summed E-state index contributed by atoms with van der Waals surface area (Å²) in [7, 11) is 0. The Balaban J connectivity index is 1.92. The van der Waals surface area contributed by atoms with Crippen molar-refractivity contribution in [3.63, 3.8) is 0 Å². The molecule has 0 radical (unpaired) electrons. The van der Waals surface area contributed by atoms with Crippen molar-refractivity contribution >= 4 is 5.91 Å². The predicted octanol–water partition coefficient (Wildman–Crippen LogP) is 0.875. The molecule has 2 N–H and O–H groups in total. The molecule has 0 unspecified atom stereocenters. The third-order valence-electron chi connectivity index (χ3n) is 3.82. The lowest BCUT2D eigenvalue weighted by Gasteiger charge is -2.34. The van der Waals surface area contributed by atoms with Crippen LogP contribution >= 0.6 is 0 Å². The van der Waals surface area contributed by atoms with E-state index in [0.717, 1.165) is 12.1 Å². The number of hydrogen-bond acceptors (Lipinski definition) is 4. The highest BCUT2D eigenvalue weighted by Gasteiger charge is 2.30. The van der Waals surface area contributed by atoms with E-state index in [1.807, 2.05) is 0 Å². The molecule has 5 nitrogen and oxygen atoms in total. The summed E-state index contributed by atoms with van der Waals surface area (Å²) in [4.78, 5) is 15.1. The standard InChI is InChI=1S/C15H19F3N2O3/c16-15(17,18)12-3-1-11(2-4-12)13(22)9-19-5-6-20(7-8-21)14(23)10-19/h1-4,13,21-22H,5-10H2/t13-/m1/s1. The van der Waals surface area contributed by atoms with E-state index < -0.39 is 17.8 Å². The molecule has 1 aromatic rings. The maximum atomic E-state index is 12.5. The Labute approximate surface area is 131 Å². The average Bonchev–Trinajstić information content (AvgIpc) is 2.49. The molecule has 1 heterocycles. The second-order valence-electron chi connectivity index (χ2n) is 5.48. The molecule has 23 heavy (non-hydrogen) atoms. The second kappa shape index (κ2) is 7.29. The molecule has 1 saturated heterocycles. The summed E-state index contributed by atoms with van der Waals surface area (Å²) in [6.07, 6.45) is -5.37. The van der Waals surface area contributed by atoms with Crippen molar-refractivity contribution < 1.29 is 28.2 Å². The monoisotopic (exact) mass is 332 g/mol. The predicted molar refractivity (Wildman–Crippen MR) is 76.5 cm³/mol. The number of aliphatic hydroxyl groups is 2. The topological polar surface area (TPSA) is 64.0 Å². The Kier molecular flexibility index (Phi) is 5.61. The van der Waals surface area contributed by atoms with Crippen molar-refractivity contribution in [1.82, 2.24) is 9.80 Å². The summed E-state index contributed by atoms with van der Waals surface area (Å²) in [5.41, 5.74) is -0.385. The van der Waals surface area contributed by atoms with Gasteiger partial charge >= 0.3 is 6.18 Å². The number of amides is 1. The number of rotatable bonds is 5. The number of hydrogen-bond donors (Lipinski definition) is 2. The van der Waals surface area contributed by atoms with Crippen LogP contribution in [0.5, 0.6) is 0 Å². The first-order valence-corrected chi connectivity index (χ1v) is 7.27. The fourth-order valence-corrected chi connectivity index (χ4v) is 2.51. The molecular weight excluding hydrogens is 313 g/mol. The van der Waals surface area contributed by atoms with Gasteiger partial charge in [-0.05, 0) is 17.7 Å². The highest BCUT2D eigenvalue weighted by molar-refractivity contribution is 5.79. The molecule has 1 aliphatic heterocycles. The van der Waals surface area contributed by atoms with Crippen LogP contribution in [0.25, 0.3) is 0 Å². The van der Waals surface area contributed by atoms with Gasteiger partial charge in [0.25, 0.3) is 0 Å². The molecule has 0 saturated carbocycles. The third kappa shape index (κ3) is 4.66. The molecule has 1 aliphatic rings. The van der Waals surface area contributed by atoms with Gasteiger partial charge in [0.05, 0.1) is 24.8 Å². The fraction of sp³-hybridized carbons (Fsp3) is 0.533. The molecule has 0 bridgehead atoms. The first-order valence-electron chi connectivity index (χ1n) is 7.27. The van der Waals surface area contributed by atoms with Crippen LogP contribution < -0.4 is 0 Å². The molecule has 1 fully saturated rings. The Morgan fingerprint density at radius 1 is 1.17 bits per heavy atom. The van der Waals surface area contributed by atoms with Crippen molar-refractivity contribution in [2.24, 2.45) is 0 Å². The summed E-state index contributed by atoms with van der Waals surface area (Å²) in [6, 6.07) is 4.36. The summed E-state index contributed by atoms with van der Waals surface area (Å²) in [5.74, 6) is -0.134. The molecule has 1 amide bonds. The van der Waals surface area contributed by atoms with Gasteiger partial charge in [0.1, 0.15) is 0 Å². The molecule has 128 valence electrons. The van der Waals surface area contributed by atoms with E-state index in [0.29, 0.717) is 18.7 Å². The van der Waals surface area contributed by atoms with Crippen molar-refractivity contribution in [2.75, 3.05) is 39.3 Å². The highest BCUT2D eigenvalue weighted by Crippen LogP contribution is 2.30. The van der Waals surface area contributed by atoms with Crippen LogP contribution in [0.1, 0.15) is 17.2 Å². The number of β-amino-alcohol motifs (C(OH)–C–C–N with tert-alkyl or cyclic N) is 2. The smallest absolute Gasteiger partial charge is 0.395 e. The minimum Gasteiger partial charge on any atom is -0.395 e. The van der Waals surface area contributed by atoms with E-state index in [1.54, 1.807) is 9.80 Å². The van der Waals surface area contributed by atoms with E-state index in [-0.39, 0.29) is 32.1 Å². The quantitative estimate of drug-likeness (QED) is 0.840. The van der Waals surface area contributed by atoms with Crippen LogP contribution in [0.15, 0.2) is 24.3 Å². The molecule has 0 aromatic heterocycles. The van der Waals surface area contributed by atoms with Crippen LogP contribution in [0.3, 0.4) is 0 Å². The number of piperazine rings is 1. The van der Waals surface area contributed by atoms with Crippen LogP contribution in [0.4, 0.5) is 13.2 Å². The fourth-order valence-electron chi connectivity index (χ4n) is 2.51. The number of nitrogens with zero attached hydrogens (tertiary/aromatic N) is 2. The molecule has 0 spiro atoms. The zero-order valence-electron chi connectivity index (χ0n) is 12.5. The molecule has 0 aliphatic carbocycles. The number of aliphatic hydroxyl groups excluding tert-OH is 2. The first-order chi connectivity index (χ1) is 10.8. The molecule has 1 aromatic carbocycles. The molecule has 2 rings (SSSR count). The number of halogens is 3. The van der Waals surface area contributed by atoms with Crippen LogP contribution in [0, 0.1) is 0 Å². The van der Waals surface area contributed by atoms with Gasteiger partial charge in [0.2, 0.25) is 5.91 Å². The second-order valence-corrected chi connectivity index (χ2v) is 5.48. The average molecular weight is 332 g/mol. The minimum atomic E-state index is -4.40. The lowest BCUT2D eigenvalue weighted by atomic mass is 10.1. The SMILES string of the molecule is O=C1CN(C[C@@H](O)c2ccc(C(F)(F)F)cc2)CCN1CCO. The lowest BCUT2D eigenvalue weighted by Crippen LogP contribution is -2.51. The maximum absolute atomic E-state index is 12.5. The summed E-state index contributed by atoms with van der Waals surface area (Å²) in [6.45, 7) is 1.48. The van der Waals surface area contributed by atoms with Gasteiger partial charge in [-0.2, -0.15) is 13.2 Å². The van der Waals surface area contributed by atoms with E-state index in [2.05, 4.69) is 0 Å². The highest BCUT2D eigenvalue weighted by atomic mass is 19.4. The van der Waals surface area contributed by atoms with E-state index in [1.165, 1.54) is 12.1 Å². The number of alkyl halides is 3. The Bertz CT molecular complexity index is 534. The van der Waals surface area contributed by atoms with Crippen molar-refractivity contribution in [1.29, 1.82) is 0 Å². The van der Waals surface area contributed by atoms with Crippen molar-refractivity contribution in [3.8, 4) is 0 Å². The van der Waals surface area contributed by atoms with Gasteiger partial charge in [-0.1, -0.05) is 12.1 Å². The summed E-state index contributed by atoms with van der Waals surface area (Å²) in [5, 5.41) is 19.0. The third-order valence-corrected chi connectivity index (χ3v) is 3.82. The van der Waals surface area contributed by atoms with Gasteiger partial charge in [-0.3, -0.25) is 9.69 Å². The molecular formula is C15H19F3N2O3. The first kappa shape index (κ1) is 17.7. The van der Waals surface area contributed by atoms with E-state index >= 15 is 0 Å².